The summed E-state index contributed by atoms with van der Waals surface area (Å²) in [6, 6.07) is 8.16. The molecule has 0 spiro atoms. The van der Waals surface area contributed by atoms with Gasteiger partial charge in [-0.05, 0) is 72.9 Å². The molecule has 0 unspecified atom stereocenters. The number of H-pyrrole nitrogens is 2. The summed E-state index contributed by atoms with van der Waals surface area (Å²) in [5, 5.41) is 2.02. The molecule has 0 atom stereocenters. The minimum absolute atomic E-state index is 0.874. The van der Waals surface area contributed by atoms with E-state index in [4.69, 9.17) is 15.0 Å². The Balaban J connectivity index is 1.63. The molecule has 1 aromatic heterocycles. The Morgan fingerprint density at radius 2 is 1.36 bits per heavy atom. The van der Waals surface area contributed by atoms with Gasteiger partial charge >= 0.3 is 0 Å². The van der Waals surface area contributed by atoms with Crippen LogP contribution in [0.15, 0.2) is 76.1 Å². The first kappa shape index (κ1) is 15.1. The normalized spacial score (nSPS) is 17.0. The molecule has 0 amide bonds. The predicted molar refractivity (Wildman–Crippen MR) is 113 cm³/mol. The van der Waals surface area contributed by atoms with E-state index in [1.165, 1.54) is 0 Å². The van der Waals surface area contributed by atoms with Gasteiger partial charge in [0.2, 0.25) is 0 Å². The molecular weight excluding hydrogens is 346 g/mol. The summed E-state index contributed by atoms with van der Waals surface area (Å²) < 4.78 is 0. The van der Waals surface area contributed by atoms with E-state index < -0.39 is 0 Å². The van der Waals surface area contributed by atoms with Gasteiger partial charge in [0, 0.05) is 22.5 Å². The second-order valence-corrected chi connectivity index (χ2v) is 6.88. The van der Waals surface area contributed by atoms with Crippen LogP contribution in [-0.4, -0.2) is 26.4 Å². The zero-order valence-corrected chi connectivity index (χ0v) is 14.8. The van der Waals surface area contributed by atoms with E-state index in [0.29, 0.717) is 0 Å². The number of aromatic amines is 2. The van der Waals surface area contributed by atoms with Gasteiger partial charge in [-0.2, -0.15) is 0 Å². The highest BCUT2D eigenvalue weighted by Gasteiger charge is 2.17. The van der Waals surface area contributed by atoms with Gasteiger partial charge in [0.1, 0.15) is 0 Å². The smallest absolute Gasteiger partial charge is 0.0900 e. The molecule has 28 heavy (non-hydrogen) atoms. The molecule has 0 aromatic carbocycles. The van der Waals surface area contributed by atoms with Crippen LogP contribution in [0.5, 0.6) is 0 Å². The minimum Gasteiger partial charge on any atom is -0.359 e. The molecule has 0 saturated heterocycles. The van der Waals surface area contributed by atoms with Crippen molar-refractivity contribution in [3.8, 4) is 11.3 Å². The van der Waals surface area contributed by atoms with Crippen LogP contribution in [0.1, 0.15) is 11.4 Å². The van der Waals surface area contributed by atoms with Gasteiger partial charge in [-0.3, -0.25) is 0 Å². The summed E-state index contributed by atoms with van der Waals surface area (Å²) in [6.45, 7) is 0. The Labute approximate surface area is 160 Å². The summed E-state index contributed by atoms with van der Waals surface area (Å²) in [6.07, 6.45) is 18.1. The van der Waals surface area contributed by atoms with Crippen molar-refractivity contribution in [3.05, 3.63) is 88.2 Å². The fourth-order valence-corrected chi connectivity index (χ4v) is 3.63. The number of aliphatic imine (C=N–C) groups is 2. The third-order valence-corrected chi connectivity index (χ3v) is 4.90. The van der Waals surface area contributed by atoms with Crippen LogP contribution in [0.3, 0.4) is 0 Å². The van der Waals surface area contributed by atoms with Crippen molar-refractivity contribution in [3.63, 3.8) is 0 Å². The van der Waals surface area contributed by atoms with Gasteiger partial charge < -0.3 is 9.97 Å². The summed E-state index contributed by atoms with van der Waals surface area (Å²) in [5.74, 6) is 0. The molecule has 1 aromatic rings. The summed E-state index contributed by atoms with van der Waals surface area (Å²) >= 11 is 0. The fourth-order valence-electron chi connectivity index (χ4n) is 3.63. The maximum Gasteiger partial charge on any atom is 0.0900 e. The summed E-state index contributed by atoms with van der Waals surface area (Å²) in [7, 11) is 0. The first-order valence-electron chi connectivity index (χ1n) is 9.13. The monoisotopic (exact) mass is 361 g/mol. The number of fused-ring (bicyclic) bond motifs is 9. The molecular formula is C23H15N5. The summed E-state index contributed by atoms with van der Waals surface area (Å²) in [4.78, 5) is 21.0. The van der Waals surface area contributed by atoms with Crippen LogP contribution in [0, 0.1) is 0 Å². The Morgan fingerprint density at radius 3 is 2.07 bits per heavy atom. The Bertz CT molecular complexity index is 1300. The third-order valence-electron chi connectivity index (χ3n) is 4.90. The molecule has 6 heterocycles. The Kier molecular flexibility index (Phi) is 3.10. The molecule has 6 rings (SSSR count). The topological polar surface area (TPSA) is 69.2 Å². The molecule has 2 N–H and O–H groups in total. The first-order chi connectivity index (χ1) is 13.8. The van der Waals surface area contributed by atoms with Crippen LogP contribution in [0.25, 0.3) is 35.6 Å². The van der Waals surface area contributed by atoms with Crippen molar-refractivity contribution in [2.75, 3.05) is 0 Å². The van der Waals surface area contributed by atoms with E-state index in [0.717, 1.165) is 56.2 Å². The van der Waals surface area contributed by atoms with Gasteiger partial charge in [0.25, 0.3) is 0 Å². The quantitative estimate of drug-likeness (QED) is 0.635. The molecule has 5 nitrogen and oxygen atoms in total. The number of nitrogens with zero attached hydrogens (tertiary/aromatic N) is 3. The molecule has 5 heteroatoms. The third kappa shape index (κ3) is 2.53. The van der Waals surface area contributed by atoms with Crippen LogP contribution < -0.4 is 10.7 Å². The lowest BCUT2D eigenvalue weighted by molar-refractivity contribution is 1.28. The maximum absolute atomic E-state index is 4.85. The Morgan fingerprint density at radius 1 is 0.679 bits per heavy atom. The lowest BCUT2D eigenvalue weighted by atomic mass is 10.1. The highest BCUT2D eigenvalue weighted by atomic mass is 14.8. The molecule has 5 aliphatic heterocycles. The molecule has 132 valence electrons. The van der Waals surface area contributed by atoms with Crippen LogP contribution in [0.4, 0.5) is 0 Å². The molecule has 8 bridgehead atoms. The van der Waals surface area contributed by atoms with Crippen molar-refractivity contribution >= 4 is 35.7 Å². The minimum atomic E-state index is 0.874. The summed E-state index contributed by atoms with van der Waals surface area (Å²) in [5.41, 5.74) is 7.43. The fraction of sp³-hybridized carbons (Fsp3) is 0. The van der Waals surface area contributed by atoms with Crippen molar-refractivity contribution in [2.24, 2.45) is 9.98 Å². The first-order valence-corrected chi connectivity index (χ1v) is 9.13. The zero-order chi connectivity index (χ0) is 18.5. The van der Waals surface area contributed by atoms with Gasteiger partial charge in [0.05, 0.1) is 39.9 Å². The van der Waals surface area contributed by atoms with E-state index in [9.17, 15) is 0 Å². The second kappa shape index (κ2) is 5.76. The number of pyridine rings is 1. The van der Waals surface area contributed by atoms with Gasteiger partial charge in [-0.25, -0.2) is 15.0 Å². The average Bonchev–Trinajstić information content (AvgIpc) is 3.47. The number of hydrogen-bond donors (Lipinski definition) is 2. The second-order valence-electron chi connectivity index (χ2n) is 6.88. The van der Waals surface area contributed by atoms with Gasteiger partial charge in [-0.15, -0.1) is 0 Å². The molecule has 0 saturated carbocycles. The predicted octanol–water partition coefficient (Wildman–Crippen LogP) is 2.82. The maximum atomic E-state index is 4.85. The molecule has 0 radical (unpaired) electrons. The van der Waals surface area contributed by atoms with Crippen LogP contribution in [0.2, 0.25) is 0 Å². The lowest BCUT2D eigenvalue weighted by Crippen LogP contribution is -2.12. The lowest BCUT2D eigenvalue weighted by Gasteiger charge is -1.99. The van der Waals surface area contributed by atoms with Gasteiger partial charge in [-0.1, -0.05) is 0 Å². The Hall–Kier alpha value is -3.99. The van der Waals surface area contributed by atoms with E-state index >= 15 is 0 Å². The SMILES string of the molecule is C1=CC2=NC1=Cc1nc(c3[nH]cccc1-3)C=C1C=CC(=N1)C=c1ccc([nH]1)=C2. The molecule has 5 aliphatic rings. The molecule has 0 aliphatic carbocycles. The molecule has 0 fully saturated rings. The van der Waals surface area contributed by atoms with Crippen molar-refractivity contribution in [1.82, 2.24) is 15.0 Å². The number of rotatable bonds is 0. The zero-order valence-electron chi connectivity index (χ0n) is 14.8. The number of allylic oxidation sites excluding steroid dienone is 4. The van der Waals surface area contributed by atoms with E-state index in [1.807, 2.05) is 73.0 Å². The van der Waals surface area contributed by atoms with E-state index in [2.05, 4.69) is 16.0 Å². The van der Waals surface area contributed by atoms with E-state index in [-0.39, 0.29) is 0 Å². The highest BCUT2D eigenvalue weighted by Crippen LogP contribution is 2.31. The standard InChI is InChI=1S/C23H15N5/c1-2-20-21-12-18-7-5-16(26-18)10-14-3-4-15(25-14)11-17-6-8-19(27-17)13-22(28-21)23(20)24-9-1/h1-13,24-25H. The van der Waals surface area contributed by atoms with Crippen molar-refractivity contribution in [1.29, 1.82) is 0 Å². The number of nitrogens with one attached hydrogen (secondary N) is 2. The largest absolute Gasteiger partial charge is 0.359 e. The van der Waals surface area contributed by atoms with Crippen LogP contribution >= 0.6 is 0 Å². The highest BCUT2D eigenvalue weighted by molar-refractivity contribution is 6.20. The van der Waals surface area contributed by atoms with E-state index in [1.54, 1.807) is 0 Å². The van der Waals surface area contributed by atoms with Crippen LogP contribution in [-0.2, 0) is 0 Å². The van der Waals surface area contributed by atoms with Gasteiger partial charge in [0.15, 0.2) is 0 Å². The van der Waals surface area contributed by atoms with Crippen molar-refractivity contribution < 1.29 is 0 Å². The average molecular weight is 361 g/mol. The van der Waals surface area contributed by atoms with Crippen molar-refractivity contribution in [2.45, 2.75) is 0 Å². The number of hydrogen-bond acceptors (Lipinski definition) is 3. The number of aromatic nitrogens is 3.